The molecule has 0 fully saturated rings. The van der Waals surface area contributed by atoms with Gasteiger partial charge in [0.15, 0.2) is 0 Å². The van der Waals surface area contributed by atoms with Crippen LogP contribution in [-0.4, -0.2) is 30.3 Å². The van der Waals surface area contributed by atoms with Gasteiger partial charge in [0.25, 0.3) is 0 Å². The normalized spacial score (nSPS) is 8.43. The summed E-state index contributed by atoms with van der Waals surface area (Å²) in [4.78, 5) is 16.3. The molecule has 8 nitrogen and oxygen atoms in total. The third-order valence-electron chi connectivity index (χ3n) is 3.68. The number of aromatic nitrogens is 4. The molecule has 37 heavy (non-hydrogen) atoms. The number of nitrogens with zero attached hydrogens (tertiary/aromatic N) is 6. The van der Waals surface area contributed by atoms with Gasteiger partial charge in [-0.3, -0.25) is 19.9 Å². The molecule has 4 aromatic rings. The van der Waals surface area contributed by atoms with Crippen LogP contribution in [0.2, 0.25) is 0 Å². The van der Waals surface area contributed by atoms with Gasteiger partial charge in [0.05, 0.1) is 11.4 Å². The molecule has 0 radical (unpaired) electrons. The Hall–Kier alpha value is -3.88. The predicted molar refractivity (Wildman–Crippen MR) is 156 cm³/mol. The first kappa shape index (κ1) is 37.7. The molecular formula is C26H26FeN6O2S2+2. The standard InChI is InChI=1S/2C12H10N2.2CNS.Fe.2H2O/c2*1-2-8-14-12(3-1)5-4-11-6-9-13-10-7-11;2*2-1-3;;;/h2*1-10H;;;;2*1H2/q;;2*-1;+2;;/p+2/b2*5-4+;;;;;. The van der Waals surface area contributed by atoms with Gasteiger partial charge in [-0.05, 0) is 71.8 Å². The molecule has 4 aromatic heterocycles. The van der Waals surface area contributed by atoms with Crippen LogP contribution in [0.1, 0.15) is 22.5 Å². The van der Waals surface area contributed by atoms with Crippen molar-refractivity contribution in [1.82, 2.24) is 19.9 Å². The smallest absolute Gasteiger partial charge is 0.753 e. The van der Waals surface area contributed by atoms with E-state index in [9.17, 15) is 0 Å². The van der Waals surface area contributed by atoms with Crippen LogP contribution in [0, 0.1) is 0 Å². The Morgan fingerprint density at radius 1 is 0.541 bits per heavy atom. The molecule has 0 spiro atoms. The number of isothiocyanates is 2. The van der Waals surface area contributed by atoms with Gasteiger partial charge in [-0.2, -0.15) is 10.3 Å². The summed E-state index contributed by atoms with van der Waals surface area (Å²) in [6.07, 6.45) is 18.7. The van der Waals surface area contributed by atoms with Gasteiger partial charge >= 0.3 is 17.1 Å². The fourth-order valence-electron chi connectivity index (χ4n) is 2.26. The van der Waals surface area contributed by atoms with E-state index < -0.39 is 0 Å². The number of hydrogen-bond acceptors (Lipinski definition) is 6. The monoisotopic (exact) mass is 574 g/mol. The summed E-state index contributed by atoms with van der Waals surface area (Å²) in [5.41, 5.74) is 4.19. The Labute approximate surface area is 237 Å². The number of pyridine rings is 4. The second kappa shape index (κ2) is 26.7. The number of hydrogen-bond donors (Lipinski definition) is 0. The summed E-state index contributed by atoms with van der Waals surface area (Å²) in [7, 11) is 0. The third kappa shape index (κ3) is 20.1. The molecule has 4 heterocycles. The molecule has 0 amide bonds. The van der Waals surface area contributed by atoms with E-state index in [0.717, 1.165) is 22.5 Å². The zero-order valence-electron chi connectivity index (χ0n) is 19.6. The Balaban J connectivity index is -0.000000483. The van der Waals surface area contributed by atoms with E-state index in [1.54, 1.807) is 37.2 Å². The Morgan fingerprint density at radius 2 is 0.865 bits per heavy atom. The van der Waals surface area contributed by atoms with Gasteiger partial charge in [0, 0.05) is 37.2 Å². The fourth-order valence-corrected chi connectivity index (χ4v) is 2.26. The summed E-state index contributed by atoms with van der Waals surface area (Å²) in [6, 6.07) is 19.5. The van der Waals surface area contributed by atoms with E-state index in [4.69, 9.17) is 10.8 Å². The number of rotatable bonds is 4. The zero-order chi connectivity index (χ0) is 24.7. The largest absolute Gasteiger partial charge is 2.00 e. The quantitative estimate of drug-likeness (QED) is 0.148. The summed E-state index contributed by atoms with van der Waals surface area (Å²) in [5.74, 6) is 0. The van der Waals surface area contributed by atoms with Crippen LogP contribution in [-0.2, 0) is 28.0 Å². The van der Waals surface area contributed by atoms with Gasteiger partial charge in [-0.1, -0.05) is 48.7 Å². The molecule has 0 atom stereocenters. The van der Waals surface area contributed by atoms with E-state index in [0.29, 0.717) is 0 Å². The van der Waals surface area contributed by atoms with Gasteiger partial charge in [0.2, 0.25) is 0 Å². The van der Waals surface area contributed by atoms with E-state index >= 15 is 0 Å². The molecule has 0 aliphatic carbocycles. The van der Waals surface area contributed by atoms with Crippen molar-refractivity contribution in [2.45, 2.75) is 0 Å². The average Bonchev–Trinajstić information content (AvgIpc) is 2.90. The summed E-state index contributed by atoms with van der Waals surface area (Å²) >= 11 is 7.40. The van der Waals surface area contributed by atoms with Crippen molar-refractivity contribution in [3.05, 3.63) is 131 Å². The SMILES string of the molecule is C(=C\c1ccccn1)/c1ccncc1.C(=C\c1ccccn1)/c1ccncc1.[Fe+2].[N-]=C=S.[N-]=C=S.[OH3+].[OH3+]. The molecule has 0 aliphatic rings. The third-order valence-corrected chi connectivity index (χ3v) is 3.68. The van der Waals surface area contributed by atoms with Crippen molar-refractivity contribution in [2.24, 2.45) is 0 Å². The predicted octanol–water partition coefficient (Wildman–Crippen LogP) is 4.76. The van der Waals surface area contributed by atoms with Crippen LogP contribution in [0.25, 0.3) is 35.1 Å². The molecule has 0 unspecified atom stereocenters. The summed E-state index contributed by atoms with van der Waals surface area (Å²) < 4.78 is 0. The summed E-state index contributed by atoms with van der Waals surface area (Å²) in [6.45, 7) is 0. The van der Waals surface area contributed by atoms with Gasteiger partial charge in [0.1, 0.15) is 0 Å². The summed E-state index contributed by atoms with van der Waals surface area (Å²) in [5, 5.41) is 16.9. The molecule has 11 heteroatoms. The van der Waals surface area contributed by atoms with Crippen LogP contribution in [0.3, 0.4) is 0 Å². The number of thiocarbonyl (C=S) groups is 2. The topological polar surface area (TPSA) is 162 Å². The van der Waals surface area contributed by atoms with Crippen molar-refractivity contribution in [1.29, 1.82) is 0 Å². The second-order valence-corrected chi connectivity index (χ2v) is 6.28. The van der Waals surface area contributed by atoms with Gasteiger partial charge in [-0.25, -0.2) is 0 Å². The van der Waals surface area contributed by atoms with Crippen molar-refractivity contribution >= 4 is 59.1 Å². The maximum Gasteiger partial charge on any atom is 2.00 e. The Kier molecular flexibility index (Phi) is 27.2. The van der Waals surface area contributed by atoms with Crippen molar-refractivity contribution in [3.8, 4) is 0 Å². The molecule has 0 bridgehead atoms. The fraction of sp³-hybridized carbons (Fsp3) is 0. The van der Waals surface area contributed by atoms with Crippen LogP contribution >= 0.6 is 24.4 Å². The minimum atomic E-state index is 0. The van der Waals surface area contributed by atoms with Gasteiger partial charge < -0.3 is 21.8 Å². The van der Waals surface area contributed by atoms with E-state index in [-0.39, 0.29) is 28.0 Å². The molecule has 190 valence electrons. The first-order chi connectivity index (χ1) is 16.7. The average molecular weight is 575 g/mol. The molecule has 4 rings (SSSR count). The molecule has 0 aromatic carbocycles. The van der Waals surface area contributed by atoms with Crippen LogP contribution in [0.4, 0.5) is 0 Å². The first-order valence-corrected chi connectivity index (χ1v) is 10.6. The molecule has 0 saturated heterocycles. The second-order valence-electron chi connectivity index (χ2n) is 5.92. The Morgan fingerprint density at radius 3 is 1.14 bits per heavy atom. The van der Waals surface area contributed by atoms with Crippen molar-refractivity contribution in [3.63, 3.8) is 0 Å². The van der Waals surface area contributed by atoms with Crippen molar-refractivity contribution < 1.29 is 28.0 Å². The zero-order valence-corrected chi connectivity index (χ0v) is 22.3. The van der Waals surface area contributed by atoms with Crippen LogP contribution in [0.5, 0.6) is 0 Å². The molecular weight excluding hydrogens is 548 g/mol. The molecule has 0 saturated carbocycles. The molecule has 0 aliphatic heterocycles. The van der Waals surface area contributed by atoms with E-state index in [1.165, 1.54) is 10.3 Å². The van der Waals surface area contributed by atoms with Crippen LogP contribution in [0.15, 0.2) is 97.8 Å². The minimum Gasteiger partial charge on any atom is -0.753 e. The maximum absolute atomic E-state index is 7.13. The Bertz CT molecular complexity index is 1010. The maximum atomic E-state index is 7.13. The van der Waals surface area contributed by atoms with Crippen LogP contribution < -0.4 is 0 Å². The molecule has 6 N–H and O–H groups in total. The van der Waals surface area contributed by atoms with Crippen molar-refractivity contribution in [2.75, 3.05) is 0 Å². The first-order valence-electron chi connectivity index (χ1n) is 9.74. The van der Waals surface area contributed by atoms with Gasteiger partial charge in [-0.15, -0.1) is 0 Å². The van der Waals surface area contributed by atoms with E-state index in [2.05, 4.69) is 44.4 Å². The minimum absolute atomic E-state index is 0. The van der Waals surface area contributed by atoms with E-state index in [1.807, 2.05) is 85.0 Å².